The van der Waals surface area contributed by atoms with Crippen LogP contribution in [0.15, 0.2) is 21.9 Å². The van der Waals surface area contributed by atoms with Crippen molar-refractivity contribution in [3.05, 3.63) is 23.5 Å². The summed E-state index contributed by atoms with van der Waals surface area (Å²) >= 11 is 0. The van der Waals surface area contributed by atoms with Gasteiger partial charge in [0.1, 0.15) is 10.7 Å². The van der Waals surface area contributed by atoms with E-state index in [0.29, 0.717) is 17.9 Å². The molecule has 1 aromatic rings. The molecule has 2 rings (SSSR count). The molecule has 124 valence electrons. The molecule has 1 fully saturated rings. The Balaban J connectivity index is 2.49. The van der Waals surface area contributed by atoms with E-state index in [1.54, 1.807) is 0 Å². The SMILES string of the molecule is CS(=O)(=O)c1cc(CC2CCNCC2)cc(F)c1S(C)(=O)=O. The molecule has 1 aliphatic heterocycles. The third kappa shape index (κ3) is 4.05. The Bertz CT molecular complexity index is 766. The van der Waals surface area contributed by atoms with Crippen molar-refractivity contribution < 1.29 is 21.2 Å². The highest BCUT2D eigenvalue weighted by Gasteiger charge is 2.26. The van der Waals surface area contributed by atoms with Gasteiger partial charge < -0.3 is 5.32 Å². The molecule has 1 aromatic carbocycles. The lowest BCUT2D eigenvalue weighted by molar-refractivity contribution is 0.372. The summed E-state index contributed by atoms with van der Waals surface area (Å²) < 4.78 is 61.4. The zero-order chi connectivity index (χ0) is 16.5. The third-order valence-corrected chi connectivity index (χ3v) is 6.23. The first kappa shape index (κ1) is 17.4. The van der Waals surface area contributed by atoms with E-state index < -0.39 is 35.3 Å². The Labute approximate surface area is 130 Å². The normalized spacial score (nSPS) is 17.6. The lowest BCUT2D eigenvalue weighted by Crippen LogP contribution is -2.28. The second-order valence-corrected chi connectivity index (χ2v) is 9.78. The summed E-state index contributed by atoms with van der Waals surface area (Å²) in [5, 5.41) is 3.23. The van der Waals surface area contributed by atoms with E-state index in [1.807, 2.05) is 0 Å². The van der Waals surface area contributed by atoms with Crippen LogP contribution in [0.1, 0.15) is 18.4 Å². The van der Waals surface area contributed by atoms with Gasteiger partial charge in [-0.1, -0.05) is 0 Å². The molecule has 8 heteroatoms. The topological polar surface area (TPSA) is 80.3 Å². The quantitative estimate of drug-likeness (QED) is 0.883. The number of halogens is 1. The Morgan fingerprint density at radius 2 is 1.68 bits per heavy atom. The molecule has 1 saturated heterocycles. The molecule has 0 amide bonds. The van der Waals surface area contributed by atoms with E-state index in [-0.39, 0.29) is 0 Å². The molecule has 0 aromatic heterocycles. The molecular weight excluding hydrogens is 329 g/mol. The second-order valence-electron chi connectivity index (χ2n) is 5.85. The van der Waals surface area contributed by atoms with Gasteiger partial charge in [0.2, 0.25) is 0 Å². The van der Waals surface area contributed by atoms with Crippen molar-refractivity contribution in [2.75, 3.05) is 25.6 Å². The minimum absolute atomic E-state index is 0.345. The number of benzene rings is 1. The minimum Gasteiger partial charge on any atom is -0.317 e. The lowest BCUT2D eigenvalue weighted by Gasteiger charge is -2.23. The van der Waals surface area contributed by atoms with Gasteiger partial charge in [0.15, 0.2) is 19.7 Å². The third-order valence-electron chi connectivity index (χ3n) is 3.82. The molecule has 0 unspecified atom stereocenters. The highest BCUT2D eigenvalue weighted by Crippen LogP contribution is 2.28. The summed E-state index contributed by atoms with van der Waals surface area (Å²) in [5.74, 6) is -0.647. The highest BCUT2D eigenvalue weighted by molar-refractivity contribution is 7.93. The van der Waals surface area contributed by atoms with Crippen molar-refractivity contribution in [3.8, 4) is 0 Å². The average Bonchev–Trinajstić information content (AvgIpc) is 2.36. The maximum absolute atomic E-state index is 14.2. The van der Waals surface area contributed by atoms with Gasteiger partial charge in [-0.25, -0.2) is 21.2 Å². The number of hydrogen-bond acceptors (Lipinski definition) is 5. The van der Waals surface area contributed by atoms with Crippen LogP contribution in [0.25, 0.3) is 0 Å². The number of piperidine rings is 1. The lowest BCUT2D eigenvalue weighted by atomic mass is 9.91. The first-order valence-electron chi connectivity index (χ1n) is 7.02. The summed E-state index contributed by atoms with van der Waals surface area (Å²) in [4.78, 5) is -1.18. The molecular formula is C14H20FNO4S2. The number of sulfone groups is 2. The van der Waals surface area contributed by atoms with Gasteiger partial charge in [-0.3, -0.25) is 0 Å². The van der Waals surface area contributed by atoms with Crippen LogP contribution in [0.3, 0.4) is 0 Å². The van der Waals surface area contributed by atoms with Crippen molar-refractivity contribution in [2.24, 2.45) is 5.92 Å². The molecule has 0 spiro atoms. The fourth-order valence-electron chi connectivity index (χ4n) is 2.79. The van der Waals surface area contributed by atoms with Crippen LogP contribution in [-0.4, -0.2) is 42.4 Å². The van der Waals surface area contributed by atoms with Crippen LogP contribution < -0.4 is 5.32 Å². The van der Waals surface area contributed by atoms with Crippen molar-refractivity contribution in [1.29, 1.82) is 0 Å². The van der Waals surface area contributed by atoms with Crippen LogP contribution in [0, 0.1) is 11.7 Å². The summed E-state index contributed by atoms with van der Waals surface area (Å²) in [6.07, 6.45) is 4.12. The van der Waals surface area contributed by atoms with Crippen LogP contribution >= 0.6 is 0 Å². The van der Waals surface area contributed by atoms with Crippen molar-refractivity contribution in [3.63, 3.8) is 0 Å². The van der Waals surface area contributed by atoms with Gasteiger partial charge in [0, 0.05) is 12.5 Å². The molecule has 0 saturated carbocycles. The van der Waals surface area contributed by atoms with Crippen molar-refractivity contribution >= 4 is 19.7 Å². The maximum atomic E-state index is 14.2. The van der Waals surface area contributed by atoms with E-state index in [2.05, 4.69) is 5.32 Å². The first-order valence-corrected chi connectivity index (χ1v) is 10.8. The number of nitrogens with one attached hydrogen (secondary N) is 1. The van der Waals surface area contributed by atoms with E-state index >= 15 is 0 Å². The minimum atomic E-state index is -3.96. The largest absolute Gasteiger partial charge is 0.317 e. The second kappa shape index (κ2) is 6.25. The molecule has 0 radical (unpaired) electrons. The van der Waals surface area contributed by atoms with Gasteiger partial charge >= 0.3 is 0 Å². The van der Waals surface area contributed by atoms with Gasteiger partial charge in [-0.2, -0.15) is 0 Å². The summed E-state index contributed by atoms with van der Waals surface area (Å²) in [7, 11) is -7.80. The maximum Gasteiger partial charge on any atom is 0.179 e. The van der Waals surface area contributed by atoms with E-state index in [0.717, 1.165) is 44.5 Å². The van der Waals surface area contributed by atoms with E-state index in [1.165, 1.54) is 6.07 Å². The molecule has 1 heterocycles. The Morgan fingerprint density at radius 1 is 1.09 bits per heavy atom. The van der Waals surface area contributed by atoms with Crippen LogP contribution in [0.2, 0.25) is 0 Å². The van der Waals surface area contributed by atoms with Crippen LogP contribution in [0.4, 0.5) is 4.39 Å². The molecule has 1 aliphatic rings. The van der Waals surface area contributed by atoms with Gasteiger partial charge in [0.25, 0.3) is 0 Å². The van der Waals surface area contributed by atoms with Gasteiger partial charge in [-0.05, 0) is 56.0 Å². The molecule has 5 nitrogen and oxygen atoms in total. The predicted octanol–water partition coefficient (Wildman–Crippen LogP) is 1.17. The van der Waals surface area contributed by atoms with Crippen molar-refractivity contribution in [1.82, 2.24) is 5.32 Å². The fourth-order valence-corrected chi connectivity index (χ4v) is 5.34. The number of rotatable bonds is 4. The first-order chi connectivity index (χ1) is 10.1. The number of hydrogen-bond donors (Lipinski definition) is 1. The Morgan fingerprint density at radius 3 is 2.18 bits per heavy atom. The summed E-state index contributed by atoms with van der Waals surface area (Å²) in [5.41, 5.74) is 0.525. The highest BCUT2D eigenvalue weighted by atomic mass is 32.2. The predicted molar refractivity (Wildman–Crippen MR) is 81.9 cm³/mol. The smallest absolute Gasteiger partial charge is 0.179 e. The molecule has 1 N–H and O–H groups in total. The van der Waals surface area contributed by atoms with Crippen LogP contribution in [0.5, 0.6) is 0 Å². The van der Waals surface area contributed by atoms with E-state index in [9.17, 15) is 21.2 Å². The zero-order valence-electron chi connectivity index (χ0n) is 12.6. The van der Waals surface area contributed by atoms with Gasteiger partial charge in [0.05, 0.1) is 4.90 Å². The van der Waals surface area contributed by atoms with Crippen LogP contribution in [-0.2, 0) is 26.1 Å². The molecule has 0 atom stereocenters. The zero-order valence-corrected chi connectivity index (χ0v) is 14.2. The monoisotopic (exact) mass is 349 g/mol. The molecule has 22 heavy (non-hydrogen) atoms. The molecule has 0 bridgehead atoms. The average molecular weight is 349 g/mol. The fraction of sp³-hybridized carbons (Fsp3) is 0.571. The summed E-state index contributed by atoms with van der Waals surface area (Å²) in [6, 6.07) is 2.45. The van der Waals surface area contributed by atoms with Gasteiger partial charge in [-0.15, -0.1) is 0 Å². The standard InChI is InChI=1S/C14H20FNO4S2/c1-21(17,18)13-9-11(7-10-3-5-16-6-4-10)8-12(15)14(13)22(2,19)20/h8-10,16H,3-7H2,1-2H3. The molecule has 0 aliphatic carbocycles. The Hall–Kier alpha value is -0.990. The van der Waals surface area contributed by atoms with Crippen molar-refractivity contribution in [2.45, 2.75) is 29.1 Å². The Kier molecular flexibility index (Phi) is 4.93. The summed E-state index contributed by atoms with van der Waals surface area (Å²) in [6.45, 7) is 1.76. The van der Waals surface area contributed by atoms with E-state index in [4.69, 9.17) is 0 Å².